The second-order valence-corrected chi connectivity index (χ2v) is 7.13. The average Bonchev–Trinajstić information content (AvgIpc) is 2.67. The molecule has 0 saturated carbocycles. The fourth-order valence-electron chi connectivity index (χ4n) is 3.41. The first-order valence-corrected chi connectivity index (χ1v) is 9.83. The maximum atomic E-state index is 12.3. The molecule has 0 aliphatic rings. The lowest BCUT2D eigenvalue weighted by Gasteiger charge is -2.10. The molecule has 0 heterocycles. The van der Waals surface area contributed by atoms with Crippen LogP contribution in [0.3, 0.4) is 0 Å². The fraction of sp³-hybridized carbons (Fsp3) is 0.333. The van der Waals surface area contributed by atoms with Gasteiger partial charge in [-0.2, -0.15) is 0 Å². The maximum Gasteiger partial charge on any atom is 0.573 e. The number of unbranched alkanes of at least 4 members (excludes halogenated alkanes) is 4. The molecule has 0 saturated heterocycles. The lowest BCUT2D eigenvalue weighted by molar-refractivity contribution is -0.274. The average molecular weight is 386 g/mol. The van der Waals surface area contributed by atoms with E-state index in [1.165, 1.54) is 55.2 Å². The van der Waals surface area contributed by atoms with Crippen molar-refractivity contribution in [2.75, 3.05) is 0 Å². The molecule has 0 spiro atoms. The van der Waals surface area contributed by atoms with Gasteiger partial charge in [0.1, 0.15) is 5.75 Å². The van der Waals surface area contributed by atoms with Gasteiger partial charge in [-0.3, -0.25) is 0 Å². The molecule has 4 heteroatoms. The molecule has 148 valence electrons. The van der Waals surface area contributed by atoms with Crippen LogP contribution in [-0.4, -0.2) is 6.36 Å². The van der Waals surface area contributed by atoms with Crippen molar-refractivity contribution in [3.05, 3.63) is 66.2 Å². The SMILES string of the molecule is CCCCCCCc1ccc2cc(-c3ccc(OC(F)(F)F)cc3)ccc2c1. The van der Waals surface area contributed by atoms with E-state index in [-0.39, 0.29) is 5.75 Å². The fourth-order valence-corrected chi connectivity index (χ4v) is 3.41. The van der Waals surface area contributed by atoms with Crippen LogP contribution in [0.25, 0.3) is 21.9 Å². The highest BCUT2D eigenvalue weighted by Crippen LogP contribution is 2.29. The summed E-state index contributed by atoms with van der Waals surface area (Å²) in [5.74, 6) is -0.208. The quantitative estimate of drug-likeness (QED) is 0.357. The van der Waals surface area contributed by atoms with Gasteiger partial charge in [0.05, 0.1) is 0 Å². The molecule has 0 amide bonds. The molecule has 1 nitrogen and oxygen atoms in total. The first-order chi connectivity index (χ1) is 13.4. The van der Waals surface area contributed by atoms with Crippen molar-refractivity contribution in [2.45, 2.75) is 51.8 Å². The number of fused-ring (bicyclic) bond motifs is 1. The number of benzene rings is 3. The number of hydrogen-bond donors (Lipinski definition) is 0. The number of hydrogen-bond acceptors (Lipinski definition) is 1. The maximum absolute atomic E-state index is 12.3. The Kier molecular flexibility index (Phi) is 6.61. The van der Waals surface area contributed by atoms with Gasteiger partial charge in [-0.05, 0) is 58.5 Å². The first kappa shape index (κ1) is 20.2. The number of ether oxygens (including phenoxy) is 1. The molecule has 0 N–H and O–H groups in total. The Balaban J connectivity index is 1.69. The van der Waals surface area contributed by atoms with E-state index in [9.17, 15) is 13.2 Å². The van der Waals surface area contributed by atoms with E-state index in [0.717, 1.165) is 22.9 Å². The molecule has 0 bridgehead atoms. The zero-order chi connectivity index (χ0) is 20.0. The largest absolute Gasteiger partial charge is 0.573 e. The Morgan fingerprint density at radius 2 is 1.36 bits per heavy atom. The highest BCUT2D eigenvalue weighted by atomic mass is 19.4. The summed E-state index contributed by atoms with van der Waals surface area (Å²) in [6.07, 6.45) is 2.80. The van der Waals surface area contributed by atoms with Gasteiger partial charge < -0.3 is 4.74 Å². The molecule has 3 aromatic carbocycles. The van der Waals surface area contributed by atoms with E-state index >= 15 is 0 Å². The van der Waals surface area contributed by atoms with Gasteiger partial charge in [0, 0.05) is 0 Å². The molecule has 3 rings (SSSR count). The van der Waals surface area contributed by atoms with Crippen molar-refractivity contribution in [1.82, 2.24) is 0 Å². The van der Waals surface area contributed by atoms with Crippen molar-refractivity contribution in [1.29, 1.82) is 0 Å². The first-order valence-electron chi connectivity index (χ1n) is 9.83. The van der Waals surface area contributed by atoms with Crippen LogP contribution >= 0.6 is 0 Å². The Morgan fingerprint density at radius 1 is 0.714 bits per heavy atom. The normalized spacial score (nSPS) is 11.7. The molecule has 3 aromatic rings. The van der Waals surface area contributed by atoms with Gasteiger partial charge in [-0.1, -0.05) is 75.1 Å². The lowest BCUT2D eigenvalue weighted by Crippen LogP contribution is -2.16. The van der Waals surface area contributed by atoms with Gasteiger partial charge in [-0.25, -0.2) is 0 Å². The van der Waals surface area contributed by atoms with Crippen molar-refractivity contribution >= 4 is 10.8 Å². The lowest BCUT2D eigenvalue weighted by atomic mass is 9.98. The van der Waals surface area contributed by atoms with Crippen LogP contribution in [-0.2, 0) is 6.42 Å². The zero-order valence-electron chi connectivity index (χ0n) is 16.1. The topological polar surface area (TPSA) is 9.23 Å². The van der Waals surface area contributed by atoms with Crippen LogP contribution in [0.4, 0.5) is 13.2 Å². The third kappa shape index (κ3) is 5.75. The van der Waals surface area contributed by atoms with Gasteiger partial charge in [0.25, 0.3) is 0 Å². The Labute approximate surface area is 164 Å². The van der Waals surface area contributed by atoms with Crippen LogP contribution < -0.4 is 4.74 Å². The molecular weight excluding hydrogens is 361 g/mol. The molecule has 0 aromatic heterocycles. The minimum absolute atomic E-state index is 0.208. The van der Waals surface area contributed by atoms with E-state index < -0.39 is 6.36 Å². The highest BCUT2D eigenvalue weighted by molar-refractivity contribution is 5.87. The van der Waals surface area contributed by atoms with E-state index in [1.54, 1.807) is 12.1 Å². The second kappa shape index (κ2) is 9.13. The summed E-state index contributed by atoms with van der Waals surface area (Å²) >= 11 is 0. The Hall–Kier alpha value is -2.49. The Morgan fingerprint density at radius 3 is 2.07 bits per heavy atom. The van der Waals surface area contributed by atoms with E-state index in [0.29, 0.717) is 0 Å². The third-order valence-corrected chi connectivity index (χ3v) is 4.89. The van der Waals surface area contributed by atoms with Crippen molar-refractivity contribution in [2.24, 2.45) is 0 Å². The molecule has 0 aliphatic heterocycles. The van der Waals surface area contributed by atoms with E-state index in [4.69, 9.17) is 0 Å². The van der Waals surface area contributed by atoms with Crippen LogP contribution in [0.15, 0.2) is 60.7 Å². The van der Waals surface area contributed by atoms with E-state index in [2.05, 4.69) is 42.0 Å². The minimum atomic E-state index is -4.67. The molecule has 0 radical (unpaired) electrons. The molecule has 0 atom stereocenters. The van der Waals surface area contributed by atoms with Gasteiger partial charge in [-0.15, -0.1) is 13.2 Å². The van der Waals surface area contributed by atoms with Gasteiger partial charge in [0.15, 0.2) is 0 Å². The number of alkyl halides is 3. The van der Waals surface area contributed by atoms with Crippen molar-refractivity contribution < 1.29 is 17.9 Å². The summed E-state index contributed by atoms with van der Waals surface area (Å²) in [5.41, 5.74) is 3.18. The highest BCUT2D eigenvalue weighted by Gasteiger charge is 2.30. The second-order valence-electron chi connectivity index (χ2n) is 7.13. The summed E-state index contributed by atoms with van der Waals surface area (Å²) < 4.78 is 40.8. The minimum Gasteiger partial charge on any atom is -0.406 e. The Bertz CT molecular complexity index is 898. The molecular formula is C24H25F3O. The standard InChI is InChI=1S/C24H25F3O/c1-2-3-4-5-6-7-18-8-9-22-17-21(11-10-20(22)16-18)19-12-14-23(15-13-19)28-24(25,26)27/h8-17H,2-7H2,1H3. The summed E-state index contributed by atoms with van der Waals surface area (Å²) in [7, 11) is 0. The summed E-state index contributed by atoms with van der Waals surface area (Å²) in [5, 5.41) is 2.31. The van der Waals surface area contributed by atoms with Crippen LogP contribution in [0.1, 0.15) is 44.6 Å². The van der Waals surface area contributed by atoms with Gasteiger partial charge >= 0.3 is 6.36 Å². The zero-order valence-corrected chi connectivity index (χ0v) is 16.1. The molecule has 28 heavy (non-hydrogen) atoms. The van der Waals surface area contributed by atoms with Crippen molar-refractivity contribution in [3.8, 4) is 16.9 Å². The van der Waals surface area contributed by atoms with Crippen LogP contribution in [0.5, 0.6) is 5.75 Å². The smallest absolute Gasteiger partial charge is 0.406 e. The monoisotopic (exact) mass is 386 g/mol. The third-order valence-electron chi connectivity index (χ3n) is 4.89. The van der Waals surface area contributed by atoms with Crippen LogP contribution in [0.2, 0.25) is 0 Å². The molecule has 0 fully saturated rings. The number of aryl methyl sites for hydroxylation is 1. The summed E-state index contributed by atoms with van der Waals surface area (Å²) in [6, 6.07) is 18.7. The van der Waals surface area contributed by atoms with Crippen molar-refractivity contribution in [3.63, 3.8) is 0 Å². The summed E-state index contributed by atoms with van der Waals surface area (Å²) in [6.45, 7) is 2.22. The van der Waals surface area contributed by atoms with Crippen LogP contribution in [0, 0.1) is 0 Å². The predicted octanol–water partition coefficient (Wildman–Crippen LogP) is 7.92. The molecule has 0 unspecified atom stereocenters. The van der Waals surface area contributed by atoms with Gasteiger partial charge in [0.2, 0.25) is 0 Å². The molecule has 0 aliphatic carbocycles. The van der Waals surface area contributed by atoms with E-state index in [1.807, 2.05) is 6.07 Å². The summed E-state index contributed by atoms with van der Waals surface area (Å²) in [4.78, 5) is 0. The number of rotatable bonds is 8. The number of halogens is 3. The predicted molar refractivity (Wildman–Crippen MR) is 109 cm³/mol.